The monoisotopic (exact) mass is 329 g/mol. The molecule has 23 heavy (non-hydrogen) atoms. The Morgan fingerprint density at radius 2 is 2.17 bits per heavy atom. The van der Waals surface area contributed by atoms with Crippen molar-refractivity contribution >= 4 is 17.7 Å². The molecule has 1 aromatic carbocycles. The second-order valence-corrected chi connectivity index (χ2v) is 6.29. The molecule has 0 spiro atoms. The van der Waals surface area contributed by atoms with Crippen LogP contribution in [0.15, 0.2) is 47.9 Å². The molecule has 0 atom stereocenters. The fourth-order valence-corrected chi connectivity index (χ4v) is 2.91. The molecule has 2 aromatic rings. The molecule has 1 heterocycles. The molecule has 0 fully saturated rings. The summed E-state index contributed by atoms with van der Waals surface area (Å²) in [6.45, 7) is 6.85. The quantitative estimate of drug-likeness (QED) is 0.479. The second-order valence-electron chi connectivity index (χ2n) is 5.34. The second kappa shape index (κ2) is 8.58. The average Bonchev–Trinajstić information content (AvgIpc) is 3.01. The molecule has 0 aliphatic rings. The van der Waals surface area contributed by atoms with Crippen molar-refractivity contribution in [2.45, 2.75) is 32.3 Å². The van der Waals surface area contributed by atoms with Crippen LogP contribution < -0.4 is 5.32 Å². The van der Waals surface area contributed by atoms with Gasteiger partial charge >= 0.3 is 0 Å². The van der Waals surface area contributed by atoms with Crippen LogP contribution >= 0.6 is 11.8 Å². The third-order valence-electron chi connectivity index (χ3n) is 3.58. The summed E-state index contributed by atoms with van der Waals surface area (Å²) < 4.78 is 2.02. The summed E-state index contributed by atoms with van der Waals surface area (Å²) in [7, 11) is 0. The number of hydrogen-bond donors (Lipinski definition) is 1. The van der Waals surface area contributed by atoms with E-state index in [0.29, 0.717) is 12.3 Å². The molecule has 122 valence electrons. The van der Waals surface area contributed by atoms with Crippen LogP contribution in [0.4, 0.5) is 0 Å². The zero-order valence-corrected chi connectivity index (χ0v) is 14.7. The molecule has 0 aliphatic carbocycles. The predicted molar refractivity (Wildman–Crippen MR) is 96.2 cm³/mol. The van der Waals surface area contributed by atoms with Crippen LogP contribution in [0.3, 0.4) is 0 Å². The number of benzene rings is 1. The number of aryl methyl sites for hydroxylation is 2. The van der Waals surface area contributed by atoms with Crippen LogP contribution in [0, 0.1) is 13.8 Å². The predicted octanol–water partition coefficient (Wildman–Crippen LogP) is 3.66. The van der Waals surface area contributed by atoms with Crippen LogP contribution in [-0.4, -0.2) is 27.8 Å². The Labute approximate surface area is 142 Å². The molecule has 1 amide bonds. The number of thioether (sulfide) groups is 1. The molecule has 2 rings (SSSR count). The van der Waals surface area contributed by atoms with E-state index in [-0.39, 0.29) is 5.91 Å². The number of nitrogens with zero attached hydrogens (tertiary/aromatic N) is 2. The molecule has 0 radical (unpaired) electrons. The first-order valence-electron chi connectivity index (χ1n) is 7.73. The van der Waals surface area contributed by atoms with Gasteiger partial charge in [-0.1, -0.05) is 30.0 Å². The largest absolute Gasteiger partial charge is 0.355 e. The van der Waals surface area contributed by atoms with Gasteiger partial charge in [0.1, 0.15) is 0 Å². The molecule has 0 unspecified atom stereocenters. The Morgan fingerprint density at radius 3 is 2.91 bits per heavy atom. The first-order chi connectivity index (χ1) is 11.1. The number of nitrogens with one attached hydrogen (secondary N) is 1. The lowest BCUT2D eigenvalue weighted by atomic mass is 10.1. The highest BCUT2D eigenvalue weighted by Crippen LogP contribution is 2.21. The fourth-order valence-electron chi connectivity index (χ4n) is 2.11. The molecular formula is C18H23N3OS. The van der Waals surface area contributed by atoms with Crippen molar-refractivity contribution in [3.8, 4) is 5.69 Å². The van der Waals surface area contributed by atoms with E-state index in [4.69, 9.17) is 0 Å². The maximum absolute atomic E-state index is 11.9. The number of amides is 1. The summed E-state index contributed by atoms with van der Waals surface area (Å²) in [6, 6.07) is 6.32. The number of hydrogen-bond acceptors (Lipinski definition) is 3. The van der Waals surface area contributed by atoms with Crippen molar-refractivity contribution < 1.29 is 4.79 Å². The molecule has 1 N–H and O–H groups in total. The van der Waals surface area contributed by atoms with Gasteiger partial charge in [0.2, 0.25) is 5.91 Å². The average molecular weight is 329 g/mol. The van der Waals surface area contributed by atoms with Crippen LogP contribution in [0.5, 0.6) is 0 Å². The Kier molecular flexibility index (Phi) is 6.47. The molecule has 0 saturated heterocycles. The normalized spacial score (nSPS) is 11.1. The van der Waals surface area contributed by atoms with Gasteiger partial charge in [0.05, 0.1) is 5.75 Å². The number of carbonyl (C=O) groups is 1. The van der Waals surface area contributed by atoms with E-state index >= 15 is 0 Å². The summed E-state index contributed by atoms with van der Waals surface area (Å²) in [5.41, 5.74) is 3.58. The van der Waals surface area contributed by atoms with Crippen molar-refractivity contribution in [2.75, 3.05) is 12.3 Å². The Balaban J connectivity index is 1.96. The Morgan fingerprint density at radius 1 is 1.35 bits per heavy atom. The third-order valence-corrected chi connectivity index (χ3v) is 4.54. The van der Waals surface area contributed by atoms with E-state index in [9.17, 15) is 4.79 Å². The number of carbonyl (C=O) groups excluding carboxylic acids is 1. The van der Waals surface area contributed by atoms with Crippen molar-refractivity contribution in [1.82, 2.24) is 14.9 Å². The van der Waals surface area contributed by atoms with Crippen LogP contribution in [0.25, 0.3) is 5.69 Å². The summed E-state index contributed by atoms with van der Waals surface area (Å²) >= 11 is 1.45. The van der Waals surface area contributed by atoms with Crippen LogP contribution in [-0.2, 0) is 4.79 Å². The molecule has 5 heteroatoms. The van der Waals surface area contributed by atoms with E-state index in [1.54, 1.807) is 6.20 Å². The maximum Gasteiger partial charge on any atom is 0.230 e. The van der Waals surface area contributed by atoms with Gasteiger partial charge in [0.25, 0.3) is 0 Å². The van der Waals surface area contributed by atoms with E-state index in [2.05, 4.69) is 42.3 Å². The third kappa shape index (κ3) is 4.99. The summed E-state index contributed by atoms with van der Waals surface area (Å²) in [5, 5.41) is 3.74. The van der Waals surface area contributed by atoms with Gasteiger partial charge in [0.15, 0.2) is 5.16 Å². The zero-order chi connectivity index (χ0) is 16.7. The van der Waals surface area contributed by atoms with Gasteiger partial charge in [-0.25, -0.2) is 4.98 Å². The number of allylic oxidation sites excluding steroid dienone is 1. The molecule has 0 saturated carbocycles. The summed E-state index contributed by atoms with van der Waals surface area (Å²) in [5.74, 6) is 0.409. The minimum absolute atomic E-state index is 0.0362. The SMILES string of the molecule is C/C=C/CCNC(=O)CSc1nccn1-c1ccc(C)c(C)c1. The lowest BCUT2D eigenvalue weighted by Gasteiger charge is -2.09. The highest BCUT2D eigenvalue weighted by molar-refractivity contribution is 7.99. The van der Waals surface area contributed by atoms with E-state index in [1.165, 1.54) is 22.9 Å². The lowest BCUT2D eigenvalue weighted by molar-refractivity contribution is -0.118. The number of imidazole rings is 1. The van der Waals surface area contributed by atoms with Crippen molar-refractivity contribution in [3.63, 3.8) is 0 Å². The molecule has 4 nitrogen and oxygen atoms in total. The van der Waals surface area contributed by atoms with Crippen LogP contribution in [0.2, 0.25) is 0 Å². The lowest BCUT2D eigenvalue weighted by Crippen LogP contribution is -2.25. The number of aromatic nitrogens is 2. The highest BCUT2D eigenvalue weighted by atomic mass is 32.2. The first kappa shape index (κ1) is 17.3. The van der Waals surface area contributed by atoms with Gasteiger partial charge in [-0.05, 0) is 50.5 Å². The molecule has 0 bridgehead atoms. The van der Waals surface area contributed by atoms with Crippen molar-refractivity contribution in [3.05, 3.63) is 53.9 Å². The fraction of sp³-hybridized carbons (Fsp3) is 0.333. The summed E-state index contributed by atoms with van der Waals surface area (Å²) in [6.07, 6.45) is 8.59. The molecular weight excluding hydrogens is 306 g/mol. The summed E-state index contributed by atoms with van der Waals surface area (Å²) in [4.78, 5) is 16.2. The first-order valence-corrected chi connectivity index (χ1v) is 8.72. The van der Waals surface area contributed by atoms with E-state index in [0.717, 1.165) is 17.3 Å². The van der Waals surface area contributed by atoms with Gasteiger partial charge < -0.3 is 5.32 Å². The highest BCUT2D eigenvalue weighted by Gasteiger charge is 2.09. The Bertz CT molecular complexity index is 691. The zero-order valence-electron chi connectivity index (χ0n) is 13.9. The smallest absolute Gasteiger partial charge is 0.230 e. The topological polar surface area (TPSA) is 46.9 Å². The van der Waals surface area contributed by atoms with Gasteiger partial charge in [-0.2, -0.15) is 0 Å². The van der Waals surface area contributed by atoms with Crippen LogP contribution in [0.1, 0.15) is 24.5 Å². The van der Waals surface area contributed by atoms with E-state index in [1.807, 2.05) is 29.8 Å². The van der Waals surface area contributed by atoms with Gasteiger partial charge in [0, 0.05) is 24.6 Å². The standard InChI is InChI=1S/C18H23N3OS/c1-4-5-6-9-19-17(22)13-23-18-20-10-11-21(18)16-8-7-14(2)15(3)12-16/h4-5,7-8,10-12H,6,9,13H2,1-3H3,(H,19,22)/b5-4+. The molecule has 1 aromatic heterocycles. The van der Waals surface area contributed by atoms with Gasteiger partial charge in [-0.3, -0.25) is 9.36 Å². The van der Waals surface area contributed by atoms with Crippen molar-refractivity contribution in [2.24, 2.45) is 0 Å². The van der Waals surface area contributed by atoms with Gasteiger partial charge in [-0.15, -0.1) is 0 Å². The van der Waals surface area contributed by atoms with Crippen molar-refractivity contribution in [1.29, 1.82) is 0 Å². The minimum atomic E-state index is 0.0362. The minimum Gasteiger partial charge on any atom is -0.355 e. The Hall–Kier alpha value is -2.01. The number of rotatable bonds is 7. The van der Waals surface area contributed by atoms with E-state index < -0.39 is 0 Å². The molecule has 0 aliphatic heterocycles. The maximum atomic E-state index is 11.9.